The molecule has 0 aliphatic rings. The van der Waals surface area contributed by atoms with Crippen LogP contribution in [0.2, 0.25) is 0 Å². The van der Waals surface area contributed by atoms with Gasteiger partial charge >= 0.3 is 0 Å². The lowest BCUT2D eigenvalue weighted by Crippen LogP contribution is -3.00. The van der Waals surface area contributed by atoms with Crippen molar-refractivity contribution in [1.29, 1.82) is 0 Å². The molecular formula is C27H50ClNO. The monoisotopic (exact) mass is 439 g/mol. The molecule has 0 fully saturated rings. The van der Waals surface area contributed by atoms with Crippen LogP contribution in [-0.4, -0.2) is 36.3 Å². The first kappa shape index (κ1) is 29.4. The molecule has 1 atom stereocenters. The van der Waals surface area contributed by atoms with Crippen LogP contribution in [0.4, 0.5) is 0 Å². The molecule has 0 amide bonds. The van der Waals surface area contributed by atoms with Gasteiger partial charge in [0.25, 0.3) is 0 Å². The molecule has 0 aliphatic carbocycles. The molecule has 1 rings (SSSR count). The third-order valence-corrected chi connectivity index (χ3v) is 6.35. The minimum atomic E-state index is 0. The predicted molar refractivity (Wildman–Crippen MR) is 128 cm³/mol. The molecule has 1 aromatic carbocycles. The van der Waals surface area contributed by atoms with Crippen molar-refractivity contribution in [1.82, 2.24) is 0 Å². The Labute approximate surface area is 194 Å². The first-order valence-electron chi connectivity index (χ1n) is 12.7. The second-order valence-corrected chi connectivity index (χ2v) is 9.38. The van der Waals surface area contributed by atoms with E-state index in [-0.39, 0.29) is 19.0 Å². The van der Waals surface area contributed by atoms with E-state index in [0.29, 0.717) is 0 Å². The Bertz CT molecular complexity index is 467. The summed E-state index contributed by atoms with van der Waals surface area (Å²) < 4.78 is 0.957. The van der Waals surface area contributed by atoms with Crippen LogP contribution in [-0.2, 0) is 6.54 Å². The highest BCUT2D eigenvalue weighted by Crippen LogP contribution is 2.16. The number of hydrogen-bond acceptors (Lipinski definition) is 1. The van der Waals surface area contributed by atoms with Crippen molar-refractivity contribution in [3.8, 4) is 0 Å². The van der Waals surface area contributed by atoms with Gasteiger partial charge in [0.15, 0.2) is 0 Å². The molecule has 1 unspecified atom stereocenters. The summed E-state index contributed by atoms with van der Waals surface area (Å²) in [4.78, 5) is 0. The number of aliphatic hydroxyl groups excluding tert-OH is 1. The lowest BCUT2D eigenvalue weighted by atomic mass is 10.0. The molecule has 0 spiro atoms. The minimum absolute atomic E-state index is 0. The number of rotatable bonds is 20. The summed E-state index contributed by atoms with van der Waals surface area (Å²) in [5.74, 6) is 0. The van der Waals surface area contributed by atoms with Crippen LogP contribution in [0.3, 0.4) is 0 Å². The van der Waals surface area contributed by atoms with Crippen molar-refractivity contribution in [2.75, 3.05) is 26.7 Å². The van der Waals surface area contributed by atoms with E-state index in [1.165, 1.54) is 108 Å². The topological polar surface area (TPSA) is 20.2 Å². The van der Waals surface area contributed by atoms with Crippen LogP contribution in [0.25, 0.3) is 0 Å². The van der Waals surface area contributed by atoms with E-state index in [2.05, 4.69) is 44.3 Å². The molecule has 1 aromatic rings. The van der Waals surface area contributed by atoms with Gasteiger partial charge in [-0.25, -0.2) is 0 Å². The fourth-order valence-corrected chi connectivity index (χ4v) is 4.40. The molecule has 0 aromatic heterocycles. The van der Waals surface area contributed by atoms with Gasteiger partial charge in [0.2, 0.25) is 0 Å². The quantitative estimate of drug-likeness (QED) is 0.234. The Balaban J connectivity index is 0.00000841. The summed E-state index contributed by atoms with van der Waals surface area (Å²) in [6, 6.07) is 10.7. The zero-order valence-corrected chi connectivity index (χ0v) is 20.9. The van der Waals surface area contributed by atoms with Crippen molar-refractivity contribution in [3.63, 3.8) is 0 Å². The lowest BCUT2D eigenvalue weighted by Gasteiger charge is -2.34. The largest absolute Gasteiger partial charge is 1.00 e. The third kappa shape index (κ3) is 16.2. The van der Waals surface area contributed by atoms with Gasteiger partial charge in [-0.3, -0.25) is 0 Å². The molecule has 2 nitrogen and oxygen atoms in total. The number of unbranched alkanes of at least 4 members (excludes halogenated alkanes) is 14. The standard InChI is InChI=1S/C27H50NO.ClH/c1-3-4-5-6-7-8-9-10-11-12-13-14-15-16-20-23-28(2,24-25-29)26-27-21-18-17-19-22-27;/h17-19,21-22,29H,3-16,20,23-26H2,1-2H3;1H/q+1;/p-1. The van der Waals surface area contributed by atoms with Gasteiger partial charge < -0.3 is 22.0 Å². The van der Waals surface area contributed by atoms with E-state index in [4.69, 9.17) is 0 Å². The smallest absolute Gasteiger partial charge is 0.104 e. The average Bonchev–Trinajstić information content (AvgIpc) is 2.72. The second kappa shape index (κ2) is 20.3. The van der Waals surface area contributed by atoms with E-state index < -0.39 is 0 Å². The molecule has 0 saturated heterocycles. The number of quaternary nitrogens is 1. The summed E-state index contributed by atoms with van der Waals surface area (Å²) in [5.41, 5.74) is 1.38. The molecule has 30 heavy (non-hydrogen) atoms. The van der Waals surface area contributed by atoms with Crippen LogP contribution < -0.4 is 12.4 Å². The predicted octanol–water partition coefficient (Wildman–Crippen LogP) is 4.50. The minimum Gasteiger partial charge on any atom is -1.00 e. The first-order chi connectivity index (χ1) is 14.2. The van der Waals surface area contributed by atoms with Crippen LogP contribution in [0.15, 0.2) is 30.3 Å². The Morgan fingerprint density at radius 2 is 1.07 bits per heavy atom. The number of halogens is 1. The van der Waals surface area contributed by atoms with Crippen molar-refractivity contribution in [3.05, 3.63) is 35.9 Å². The highest BCUT2D eigenvalue weighted by molar-refractivity contribution is 5.13. The summed E-state index contributed by atoms with van der Waals surface area (Å²) in [7, 11) is 2.30. The highest BCUT2D eigenvalue weighted by atomic mass is 35.5. The van der Waals surface area contributed by atoms with Gasteiger partial charge in [0, 0.05) is 5.56 Å². The maximum Gasteiger partial charge on any atom is 0.104 e. The lowest BCUT2D eigenvalue weighted by molar-refractivity contribution is -0.923. The van der Waals surface area contributed by atoms with Crippen molar-refractivity contribution < 1.29 is 22.0 Å². The summed E-state index contributed by atoms with van der Waals surface area (Å²) >= 11 is 0. The summed E-state index contributed by atoms with van der Waals surface area (Å²) in [6.45, 7) is 5.63. The number of nitrogens with zero attached hydrogens (tertiary/aromatic N) is 1. The first-order valence-corrected chi connectivity index (χ1v) is 12.7. The number of hydrogen-bond donors (Lipinski definition) is 1. The van der Waals surface area contributed by atoms with Gasteiger partial charge in [0.1, 0.15) is 13.1 Å². The van der Waals surface area contributed by atoms with Gasteiger partial charge in [-0.15, -0.1) is 0 Å². The summed E-state index contributed by atoms with van der Waals surface area (Å²) in [5, 5.41) is 9.49. The van der Waals surface area contributed by atoms with Crippen LogP contribution >= 0.6 is 0 Å². The van der Waals surface area contributed by atoms with Gasteiger partial charge in [-0.1, -0.05) is 121 Å². The van der Waals surface area contributed by atoms with Crippen molar-refractivity contribution in [2.24, 2.45) is 0 Å². The molecular weight excluding hydrogens is 390 g/mol. The molecule has 0 aliphatic heterocycles. The normalized spacial score (nSPS) is 13.0. The third-order valence-electron chi connectivity index (χ3n) is 6.35. The average molecular weight is 440 g/mol. The van der Waals surface area contributed by atoms with Crippen LogP contribution in [0.5, 0.6) is 0 Å². The van der Waals surface area contributed by atoms with Crippen LogP contribution in [0.1, 0.15) is 109 Å². The number of aliphatic hydroxyl groups is 1. The van der Waals surface area contributed by atoms with Crippen LogP contribution in [0, 0.1) is 0 Å². The Morgan fingerprint density at radius 1 is 0.633 bits per heavy atom. The fraction of sp³-hybridized carbons (Fsp3) is 0.778. The van der Waals surface area contributed by atoms with Crippen molar-refractivity contribution in [2.45, 2.75) is 110 Å². The maximum atomic E-state index is 9.49. The van der Waals surface area contributed by atoms with E-state index in [9.17, 15) is 5.11 Å². The molecule has 0 bridgehead atoms. The molecule has 3 heteroatoms. The van der Waals surface area contributed by atoms with Gasteiger partial charge in [-0.05, 0) is 12.8 Å². The van der Waals surface area contributed by atoms with E-state index >= 15 is 0 Å². The Morgan fingerprint density at radius 3 is 1.50 bits per heavy atom. The number of likely N-dealkylation sites (N-methyl/N-ethyl adjacent to an activating group) is 1. The molecule has 0 saturated carbocycles. The zero-order valence-electron chi connectivity index (χ0n) is 20.1. The molecule has 1 N–H and O–H groups in total. The summed E-state index contributed by atoms with van der Waals surface area (Å²) in [6.07, 6.45) is 21.2. The number of benzene rings is 1. The highest BCUT2D eigenvalue weighted by Gasteiger charge is 2.20. The van der Waals surface area contributed by atoms with Crippen molar-refractivity contribution >= 4 is 0 Å². The van der Waals surface area contributed by atoms with Gasteiger partial charge in [0.05, 0.1) is 20.2 Å². The SMILES string of the molecule is CCCCCCCCCCCCCCCCC[N+](C)(CCO)Cc1ccccc1.[Cl-]. The van der Waals surface area contributed by atoms with Gasteiger partial charge in [-0.2, -0.15) is 0 Å². The fourth-order valence-electron chi connectivity index (χ4n) is 4.40. The van der Waals surface area contributed by atoms with E-state index in [1.807, 2.05) is 0 Å². The molecule has 0 radical (unpaired) electrons. The zero-order chi connectivity index (χ0) is 21.0. The Hall–Kier alpha value is -0.570. The van der Waals surface area contributed by atoms with E-state index in [0.717, 1.165) is 17.6 Å². The Kier molecular flexibility index (Phi) is 20.0. The molecule has 0 heterocycles. The van der Waals surface area contributed by atoms with E-state index in [1.54, 1.807) is 0 Å². The second-order valence-electron chi connectivity index (χ2n) is 9.38. The molecule has 176 valence electrons. The maximum absolute atomic E-state index is 9.49.